The smallest absolute Gasteiger partial charge is 0.309 e. The van der Waals surface area contributed by atoms with Crippen molar-refractivity contribution >= 4 is 11.9 Å². The molecule has 4 N–H and O–H groups in total. The van der Waals surface area contributed by atoms with E-state index >= 15 is 0 Å². The van der Waals surface area contributed by atoms with Crippen LogP contribution in [0, 0.1) is 11.8 Å². The van der Waals surface area contributed by atoms with Crippen LogP contribution in [0.1, 0.15) is 45.1 Å². The minimum Gasteiger partial charge on any atom is -0.461 e. The summed E-state index contributed by atoms with van der Waals surface area (Å²) in [5.41, 5.74) is 7.07. The lowest BCUT2D eigenvalue weighted by atomic mass is 9.74. The molecule has 1 fully saturated rings. The molecular weight excluding hydrogens is 332 g/mol. The topological polar surface area (TPSA) is 102 Å². The van der Waals surface area contributed by atoms with E-state index in [0.717, 1.165) is 12.0 Å². The highest BCUT2D eigenvalue weighted by Gasteiger charge is 2.41. The van der Waals surface area contributed by atoms with Gasteiger partial charge in [0, 0.05) is 12.5 Å². The van der Waals surface area contributed by atoms with Crippen molar-refractivity contribution in [2.75, 3.05) is 0 Å². The number of benzene rings is 1. The zero-order valence-electron chi connectivity index (χ0n) is 15.6. The Morgan fingerprint density at radius 2 is 2.00 bits per heavy atom. The van der Waals surface area contributed by atoms with Crippen molar-refractivity contribution in [2.45, 2.75) is 64.3 Å². The largest absolute Gasteiger partial charge is 0.461 e. The van der Waals surface area contributed by atoms with Crippen LogP contribution in [-0.2, 0) is 20.9 Å². The molecule has 0 heterocycles. The molecule has 0 bridgehead atoms. The normalized spacial score (nSPS) is 26.8. The van der Waals surface area contributed by atoms with Gasteiger partial charge in [0.2, 0.25) is 5.91 Å². The first-order chi connectivity index (χ1) is 12.4. The molecule has 5 unspecified atom stereocenters. The molecule has 5 atom stereocenters. The van der Waals surface area contributed by atoms with E-state index in [2.05, 4.69) is 5.32 Å². The first-order valence-corrected chi connectivity index (χ1v) is 9.37. The van der Waals surface area contributed by atoms with Crippen molar-refractivity contribution in [3.8, 4) is 0 Å². The Morgan fingerprint density at radius 1 is 1.31 bits per heavy atom. The summed E-state index contributed by atoms with van der Waals surface area (Å²) in [5.74, 6) is -1.10. The zero-order chi connectivity index (χ0) is 19.1. The van der Waals surface area contributed by atoms with E-state index in [9.17, 15) is 14.7 Å². The van der Waals surface area contributed by atoms with E-state index < -0.39 is 18.1 Å². The van der Waals surface area contributed by atoms with Gasteiger partial charge in [-0.15, -0.1) is 0 Å². The molecule has 1 aromatic carbocycles. The van der Waals surface area contributed by atoms with Gasteiger partial charge in [0.05, 0.1) is 18.1 Å². The van der Waals surface area contributed by atoms with E-state index in [1.807, 2.05) is 37.3 Å². The van der Waals surface area contributed by atoms with E-state index in [1.165, 1.54) is 0 Å². The van der Waals surface area contributed by atoms with Gasteiger partial charge < -0.3 is 20.9 Å². The molecule has 144 valence electrons. The van der Waals surface area contributed by atoms with Crippen LogP contribution in [0.4, 0.5) is 0 Å². The molecule has 1 saturated carbocycles. The predicted molar refractivity (Wildman–Crippen MR) is 98.9 cm³/mol. The average Bonchev–Trinajstić information content (AvgIpc) is 2.64. The van der Waals surface area contributed by atoms with Crippen LogP contribution in [0.5, 0.6) is 0 Å². The van der Waals surface area contributed by atoms with Crippen molar-refractivity contribution in [3.63, 3.8) is 0 Å². The highest BCUT2D eigenvalue weighted by molar-refractivity contribution is 5.76. The molecule has 1 aliphatic carbocycles. The minimum atomic E-state index is -0.852. The van der Waals surface area contributed by atoms with Crippen molar-refractivity contribution in [1.82, 2.24) is 5.32 Å². The van der Waals surface area contributed by atoms with E-state index in [4.69, 9.17) is 10.5 Å². The number of carbonyl (C=O) groups excluding carboxylic acids is 2. The van der Waals surface area contributed by atoms with Crippen LogP contribution in [0.15, 0.2) is 30.3 Å². The summed E-state index contributed by atoms with van der Waals surface area (Å²) in [6.45, 7) is 3.92. The summed E-state index contributed by atoms with van der Waals surface area (Å²) >= 11 is 0. The second kappa shape index (κ2) is 9.69. The van der Waals surface area contributed by atoms with Gasteiger partial charge in [-0.1, -0.05) is 44.2 Å². The lowest BCUT2D eigenvalue weighted by molar-refractivity contribution is -0.154. The Balaban J connectivity index is 1.88. The number of nitrogens with two attached hydrogens (primary N) is 1. The van der Waals surface area contributed by atoms with Crippen LogP contribution >= 0.6 is 0 Å². The van der Waals surface area contributed by atoms with Crippen molar-refractivity contribution in [1.29, 1.82) is 0 Å². The Labute approximate surface area is 155 Å². The Kier molecular flexibility index (Phi) is 7.60. The molecule has 1 aliphatic rings. The molecule has 6 nitrogen and oxygen atoms in total. The van der Waals surface area contributed by atoms with E-state index in [1.54, 1.807) is 6.92 Å². The number of nitrogens with one attached hydrogen (secondary N) is 1. The van der Waals surface area contributed by atoms with Crippen LogP contribution in [-0.4, -0.2) is 35.2 Å². The molecule has 0 aliphatic heterocycles. The van der Waals surface area contributed by atoms with E-state index in [0.29, 0.717) is 19.3 Å². The van der Waals surface area contributed by atoms with Gasteiger partial charge in [-0.05, 0) is 30.7 Å². The number of ether oxygens (including phenoxy) is 1. The lowest BCUT2D eigenvalue weighted by Gasteiger charge is -2.40. The summed E-state index contributed by atoms with van der Waals surface area (Å²) in [4.78, 5) is 24.2. The number of carbonyl (C=O) groups is 2. The Hall–Kier alpha value is -1.92. The van der Waals surface area contributed by atoms with Crippen LogP contribution < -0.4 is 11.1 Å². The van der Waals surface area contributed by atoms with Crippen molar-refractivity contribution < 1.29 is 19.4 Å². The molecule has 0 saturated heterocycles. The number of hydrogen-bond acceptors (Lipinski definition) is 5. The Bertz CT molecular complexity index is 593. The highest BCUT2D eigenvalue weighted by atomic mass is 16.5. The summed E-state index contributed by atoms with van der Waals surface area (Å²) in [5, 5.41) is 13.5. The molecule has 6 heteroatoms. The van der Waals surface area contributed by atoms with Gasteiger partial charge in [-0.2, -0.15) is 0 Å². The van der Waals surface area contributed by atoms with Gasteiger partial charge in [-0.3, -0.25) is 9.59 Å². The standard InChI is InChI=1S/C20H30N2O4/c1-3-7-17(23)22-16-11-10-15(19(24)18(16)21)13(2)20(25)26-12-14-8-5-4-6-9-14/h4-6,8-9,13,15-16,18-19,24H,3,7,10-12,21H2,1-2H3,(H,22,23). The molecule has 0 radical (unpaired) electrons. The van der Waals surface area contributed by atoms with Gasteiger partial charge in [0.25, 0.3) is 0 Å². The second-order valence-electron chi connectivity index (χ2n) is 7.12. The van der Waals surface area contributed by atoms with Crippen molar-refractivity contribution in [3.05, 3.63) is 35.9 Å². The van der Waals surface area contributed by atoms with E-state index in [-0.39, 0.29) is 30.4 Å². The van der Waals surface area contributed by atoms with Gasteiger partial charge in [0.15, 0.2) is 0 Å². The number of aliphatic hydroxyl groups is 1. The molecule has 2 rings (SSSR count). The maximum absolute atomic E-state index is 12.4. The maximum atomic E-state index is 12.4. The monoisotopic (exact) mass is 362 g/mol. The fourth-order valence-electron chi connectivity index (χ4n) is 3.51. The first kappa shape index (κ1) is 20.4. The SMILES string of the molecule is CCCC(=O)NC1CCC(C(C)C(=O)OCc2ccccc2)C(O)C1N. The number of amides is 1. The predicted octanol–water partition coefficient (Wildman–Crippen LogP) is 1.75. The fraction of sp³-hybridized carbons (Fsp3) is 0.600. The second-order valence-corrected chi connectivity index (χ2v) is 7.12. The summed E-state index contributed by atoms with van der Waals surface area (Å²) in [6, 6.07) is 8.64. The number of esters is 1. The highest BCUT2D eigenvalue weighted by Crippen LogP contribution is 2.31. The number of rotatable bonds is 7. The summed E-state index contributed by atoms with van der Waals surface area (Å²) in [6.07, 6.45) is 1.63. The molecule has 0 aromatic heterocycles. The van der Waals surface area contributed by atoms with Gasteiger partial charge in [-0.25, -0.2) is 0 Å². The zero-order valence-corrected chi connectivity index (χ0v) is 15.6. The van der Waals surface area contributed by atoms with Crippen LogP contribution in [0.2, 0.25) is 0 Å². The third-order valence-corrected chi connectivity index (χ3v) is 5.17. The van der Waals surface area contributed by atoms with Crippen LogP contribution in [0.25, 0.3) is 0 Å². The molecule has 1 aromatic rings. The van der Waals surface area contributed by atoms with Gasteiger partial charge >= 0.3 is 5.97 Å². The Morgan fingerprint density at radius 3 is 2.65 bits per heavy atom. The number of hydrogen-bond donors (Lipinski definition) is 3. The molecule has 1 amide bonds. The summed E-state index contributed by atoms with van der Waals surface area (Å²) < 4.78 is 5.39. The number of aliphatic hydroxyl groups excluding tert-OH is 1. The summed E-state index contributed by atoms with van der Waals surface area (Å²) in [7, 11) is 0. The third kappa shape index (κ3) is 5.29. The molecule has 0 spiro atoms. The van der Waals surface area contributed by atoms with Gasteiger partial charge in [0.1, 0.15) is 6.61 Å². The average molecular weight is 362 g/mol. The minimum absolute atomic E-state index is 0.0473. The third-order valence-electron chi connectivity index (χ3n) is 5.17. The fourth-order valence-corrected chi connectivity index (χ4v) is 3.51. The first-order valence-electron chi connectivity index (χ1n) is 9.37. The molecular formula is C20H30N2O4. The van der Waals surface area contributed by atoms with Crippen molar-refractivity contribution in [2.24, 2.45) is 17.6 Å². The van der Waals surface area contributed by atoms with Crippen LogP contribution in [0.3, 0.4) is 0 Å². The maximum Gasteiger partial charge on any atom is 0.309 e. The quantitative estimate of drug-likeness (QED) is 0.642. The lowest BCUT2D eigenvalue weighted by Crippen LogP contribution is -2.59. The molecule has 26 heavy (non-hydrogen) atoms.